The van der Waals surface area contributed by atoms with Crippen LogP contribution in [-0.4, -0.2) is 32.2 Å². The first-order valence-electron chi connectivity index (χ1n) is 9.03. The SMILES string of the molecule is Cn1cc(Nc2ncc(Cl)c(C3CC3(C#N)CNC(=O)c3ccccc3)n2)cn1. The van der Waals surface area contributed by atoms with E-state index in [1.807, 2.05) is 13.1 Å². The van der Waals surface area contributed by atoms with Gasteiger partial charge < -0.3 is 10.6 Å². The van der Waals surface area contributed by atoms with Gasteiger partial charge >= 0.3 is 0 Å². The fraction of sp³-hybridized carbons (Fsp3) is 0.250. The van der Waals surface area contributed by atoms with Crippen molar-refractivity contribution in [2.24, 2.45) is 12.5 Å². The summed E-state index contributed by atoms with van der Waals surface area (Å²) in [7, 11) is 1.81. The number of aromatic nitrogens is 4. The van der Waals surface area contributed by atoms with Crippen LogP contribution in [0.3, 0.4) is 0 Å². The standard InChI is InChI=1S/C20H18ClN7O/c1-28-10-14(8-25-28)26-19-23-9-16(21)17(27-19)15-7-20(15,11-22)12-24-18(29)13-5-3-2-4-6-13/h2-6,8-10,15H,7,12H2,1H3,(H,24,29)(H,23,26,27). The third-order valence-electron chi connectivity index (χ3n) is 4.96. The van der Waals surface area contributed by atoms with Crippen LogP contribution in [0, 0.1) is 16.7 Å². The first-order chi connectivity index (χ1) is 14.0. The number of halogens is 1. The minimum Gasteiger partial charge on any atom is -0.350 e. The van der Waals surface area contributed by atoms with E-state index in [0.29, 0.717) is 28.6 Å². The van der Waals surface area contributed by atoms with Gasteiger partial charge in [-0.3, -0.25) is 9.48 Å². The number of carbonyl (C=O) groups excluding carboxylic acids is 1. The van der Waals surface area contributed by atoms with Crippen LogP contribution < -0.4 is 10.6 Å². The lowest BCUT2D eigenvalue weighted by molar-refractivity contribution is 0.0948. The van der Waals surface area contributed by atoms with E-state index < -0.39 is 5.41 Å². The predicted octanol–water partition coefficient (Wildman–Crippen LogP) is 3.03. The second-order valence-electron chi connectivity index (χ2n) is 7.03. The van der Waals surface area contributed by atoms with Crippen molar-refractivity contribution in [1.29, 1.82) is 5.26 Å². The number of nitrogens with one attached hydrogen (secondary N) is 2. The molecule has 29 heavy (non-hydrogen) atoms. The fourth-order valence-electron chi connectivity index (χ4n) is 3.25. The van der Waals surface area contributed by atoms with Gasteiger partial charge in [-0.1, -0.05) is 29.8 Å². The van der Waals surface area contributed by atoms with Crippen LogP contribution in [0.1, 0.15) is 28.4 Å². The van der Waals surface area contributed by atoms with E-state index in [9.17, 15) is 10.1 Å². The van der Waals surface area contributed by atoms with E-state index in [2.05, 4.69) is 31.8 Å². The molecule has 2 heterocycles. The Morgan fingerprint density at radius 2 is 2.17 bits per heavy atom. The molecule has 8 nitrogen and oxygen atoms in total. The van der Waals surface area contributed by atoms with Gasteiger partial charge in [0.1, 0.15) is 0 Å². The molecule has 1 fully saturated rings. The van der Waals surface area contributed by atoms with E-state index in [0.717, 1.165) is 5.69 Å². The van der Waals surface area contributed by atoms with Crippen LogP contribution in [0.4, 0.5) is 11.6 Å². The second-order valence-corrected chi connectivity index (χ2v) is 7.44. The molecule has 1 saturated carbocycles. The lowest BCUT2D eigenvalue weighted by Crippen LogP contribution is -2.30. The number of rotatable bonds is 6. The average Bonchev–Trinajstić information content (AvgIpc) is 3.33. The molecule has 1 aliphatic carbocycles. The minimum atomic E-state index is -0.728. The third kappa shape index (κ3) is 3.91. The van der Waals surface area contributed by atoms with Crippen LogP contribution >= 0.6 is 11.6 Å². The highest BCUT2D eigenvalue weighted by Gasteiger charge is 2.57. The summed E-state index contributed by atoms with van der Waals surface area (Å²) in [4.78, 5) is 21.0. The molecule has 1 aromatic carbocycles. The number of anilines is 2. The van der Waals surface area contributed by atoms with Crippen LogP contribution in [0.25, 0.3) is 0 Å². The highest BCUT2D eigenvalue weighted by molar-refractivity contribution is 6.31. The molecule has 2 aromatic heterocycles. The van der Waals surface area contributed by atoms with Crippen molar-refractivity contribution in [2.45, 2.75) is 12.3 Å². The third-order valence-corrected chi connectivity index (χ3v) is 5.25. The van der Waals surface area contributed by atoms with Crippen molar-refractivity contribution in [3.8, 4) is 6.07 Å². The van der Waals surface area contributed by atoms with E-state index in [1.54, 1.807) is 41.3 Å². The van der Waals surface area contributed by atoms with Crippen LogP contribution in [-0.2, 0) is 7.05 Å². The number of nitriles is 1. The number of hydrogen-bond acceptors (Lipinski definition) is 6. The Bertz CT molecular complexity index is 1090. The molecule has 3 aromatic rings. The van der Waals surface area contributed by atoms with Crippen LogP contribution in [0.5, 0.6) is 0 Å². The van der Waals surface area contributed by atoms with E-state index in [-0.39, 0.29) is 18.4 Å². The Balaban J connectivity index is 1.48. The van der Waals surface area contributed by atoms with Crippen molar-refractivity contribution >= 4 is 29.1 Å². The molecule has 0 saturated heterocycles. The summed E-state index contributed by atoms with van der Waals surface area (Å²) in [5, 5.41) is 20.2. The molecule has 0 bridgehead atoms. The normalized spacial score (nSPS) is 20.0. The Kier molecular flexibility index (Phi) is 4.91. The van der Waals surface area contributed by atoms with Gasteiger partial charge in [-0.2, -0.15) is 10.4 Å². The van der Waals surface area contributed by atoms with E-state index in [4.69, 9.17) is 11.6 Å². The molecule has 1 aliphatic rings. The molecule has 0 spiro atoms. The Morgan fingerprint density at radius 1 is 1.38 bits per heavy atom. The Labute approximate surface area is 172 Å². The van der Waals surface area contributed by atoms with Crippen molar-refractivity contribution in [3.05, 3.63) is 65.2 Å². The van der Waals surface area contributed by atoms with Gasteiger partial charge in [0.2, 0.25) is 5.95 Å². The summed E-state index contributed by atoms with van der Waals surface area (Å²) in [5.41, 5.74) is 1.18. The van der Waals surface area contributed by atoms with E-state index in [1.165, 1.54) is 6.20 Å². The maximum Gasteiger partial charge on any atom is 0.251 e. The zero-order chi connectivity index (χ0) is 20.4. The smallest absolute Gasteiger partial charge is 0.251 e. The topological polar surface area (TPSA) is 109 Å². The molecule has 1 amide bonds. The first-order valence-corrected chi connectivity index (χ1v) is 9.41. The number of carbonyl (C=O) groups is 1. The predicted molar refractivity (Wildman–Crippen MR) is 108 cm³/mol. The molecular formula is C20H18ClN7O. The summed E-state index contributed by atoms with van der Waals surface area (Å²) in [6.07, 6.45) is 5.55. The first kappa shape index (κ1) is 18.9. The second kappa shape index (κ2) is 7.53. The molecule has 2 atom stereocenters. The van der Waals surface area contributed by atoms with E-state index >= 15 is 0 Å². The summed E-state index contributed by atoms with van der Waals surface area (Å²) in [5.74, 6) is -0.00317. The van der Waals surface area contributed by atoms with Crippen LogP contribution in [0.15, 0.2) is 48.9 Å². The molecule has 0 radical (unpaired) electrons. The van der Waals surface area contributed by atoms with Crippen molar-refractivity contribution in [3.63, 3.8) is 0 Å². The van der Waals surface area contributed by atoms with Gasteiger partial charge in [-0.05, 0) is 18.6 Å². The molecule has 2 N–H and O–H groups in total. The lowest BCUT2D eigenvalue weighted by atomic mass is 10.0. The summed E-state index contributed by atoms with van der Waals surface area (Å²) in [6.45, 7) is 0.230. The molecule has 2 unspecified atom stereocenters. The number of amides is 1. The van der Waals surface area contributed by atoms with Crippen LogP contribution in [0.2, 0.25) is 5.02 Å². The fourth-order valence-corrected chi connectivity index (χ4v) is 3.47. The van der Waals surface area contributed by atoms with Crippen molar-refractivity contribution < 1.29 is 4.79 Å². The molecule has 146 valence electrons. The maximum atomic E-state index is 12.3. The monoisotopic (exact) mass is 407 g/mol. The average molecular weight is 408 g/mol. The molecule has 4 rings (SSSR count). The van der Waals surface area contributed by atoms with Gasteiger partial charge in [0, 0.05) is 31.3 Å². The number of nitrogens with zero attached hydrogens (tertiary/aromatic N) is 5. The highest BCUT2D eigenvalue weighted by Crippen LogP contribution is 2.59. The van der Waals surface area contributed by atoms with Crippen molar-refractivity contribution in [1.82, 2.24) is 25.1 Å². The zero-order valence-electron chi connectivity index (χ0n) is 15.6. The number of hydrogen-bond donors (Lipinski definition) is 2. The molecule has 0 aliphatic heterocycles. The lowest BCUT2D eigenvalue weighted by Gasteiger charge is -2.12. The summed E-state index contributed by atoms with van der Waals surface area (Å²) < 4.78 is 1.66. The Hall–Kier alpha value is -3.44. The van der Waals surface area contributed by atoms with Crippen molar-refractivity contribution in [2.75, 3.05) is 11.9 Å². The van der Waals surface area contributed by atoms with Gasteiger partial charge in [-0.25, -0.2) is 9.97 Å². The van der Waals surface area contributed by atoms with Gasteiger partial charge in [0.25, 0.3) is 5.91 Å². The summed E-state index contributed by atoms with van der Waals surface area (Å²) >= 11 is 6.32. The number of benzene rings is 1. The molecule has 9 heteroatoms. The van der Waals surface area contributed by atoms with Gasteiger partial charge in [0.15, 0.2) is 0 Å². The largest absolute Gasteiger partial charge is 0.350 e. The quantitative estimate of drug-likeness (QED) is 0.650. The summed E-state index contributed by atoms with van der Waals surface area (Å²) in [6, 6.07) is 11.2. The van der Waals surface area contributed by atoms with Gasteiger partial charge in [-0.15, -0.1) is 0 Å². The number of aryl methyl sites for hydroxylation is 1. The minimum absolute atomic E-state index is 0.173. The molecular weight excluding hydrogens is 390 g/mol. The van der Waals surface area contributed by atoms with Gasteiger partial charge in [0.05, 0.1) is 40.3 Å². The highest BCUT2D eigenvalue weighted by atomic mass is 35.5. The zero-order valence-corrected chi connectivity index (χ0v) is 16.4. The Morgan fingerprint density at radius 3 is 2.86 bits per heavy atom. The maximum absolute atomic E-state index is 12.3.